The first-order chi connectivity index (χ1) is 17.5. The molecule has 3 aromatic carbocycles. The van der Waals surface area contributed by atoms with Crippen LogP contribution in [0, 0.1) is 0 Å². The van der Waals surface area contributed by atoms with Crippen molar-refractivity contribution in [3.05, 3.63) is 82.3 Å². The fourth-order valence-corrected chi connectivity index (χ4v) is 4.25. The third-order valence-electron chi connectivity index (χ3n) is 4.98. The number of rotatable bonds is 9. The van der Waals surface area contributed by atoms with Gasteiger partial charge in [-0.1, -0.05) is 35.0 Å². The number of nitrogens with one attached hydrogen (secondary N) is 1. The highest BCUT2D eigenvalue weighted by Crippen LogP contribution is 2.29. The third kappa shape index (κ3) is 6.17. The van der Waals surface area contributed by atoms with Crippen LogP contribution < -0.4 is 14.9 Å². The highest BCUT2D eigenvalue weighted by atomic mass is 35.5. The largest absolute Gasteiger partial charge is 0.497 e. The monoisotopic (exact) mass is 541 g/mol. The molecular weight excluding hydrogens is 521 g/mol. The molecule has 0 aliphatic heterocycles. The Bertz CT molecular complexity index is 1380. The summed E-state index contributed by atoms with van der Waals surface area (Å²) in [5.74, 6) is 1.63. The Morgan fingerprint density at radius 2 is 1.69 bits per heavy atom. The Labute approximate surface area is 222 Å². The van der Waals surface area contributed by atoms with Crippen LogP contribution in [-0.4, -0.2) is 46.9 Å². The second-order valence-corrected chi connectivity index (χ2v) is 9.13. The summed E-state index contributed by atoms with van der Waals surface area (Å²) >= 11 is 13.4. The Kier molecular flexibility index (Phi) is 8.48. The minimum absolute atomic E-state index is 0.0684. The van der Waals surface area contributed by atoms with E-state index in [1.807, 2.05) is 28.8 Å². The van der Waals surface area contributed by atoms with Crippen LogP contribution in [0.15, 0.2) is 77.0 Å². The van der Waals surface area contributed by atoms with Crippen LogP contribution >= 0.6 is 35.0 Å². The van der Waals surface area contributed by atoms with Crippen molar-refractivity contribution in [1.82, 2.24) is 20.2 Å². The van der Waals surface area contributed by atoms with Crippen LogP contribution in [0.4, 0.5) is 0 Å². The number of hydrazone groups is 1. The molecule has 0 bridgehead atoms. The molecule has 4 aromatic rings. The fraction of sp³-hybridized carbons (Fsp3) is 0.120. The average Bonchev–Trinajstić information content (AvgIpc) is 3.32. The van der Waals surface area contributed by atoms with Crippen molar-refractivity contribution in [2.24, 2.45) is 5.10 Å². The number of hydrogen-bond donors (Lipinski definition) is 1. The zero-order valence-electron chi connectivity index (χ0n) is 19.3. The highest BCUT2D eigenvalue weighted by Gasteiger charge is 2.17. The lowest BCUT2D eigenvalue weighted by Crippen LogP contribution is -2.20. The number of ether oxygens (including phenoxy) is 2. The van der Waals surface area contributed by atoms with E-state index in [9.17, 15) is 4.79 Å². The number of carbonyl (C=O) groups is 1. The summed E-state index contributed by atoms with van der Waals surface area (Å²) in [7, 11) is 3.13. The average molecular weight is 542 g/mol. The van der Waals surface area contributed by atoms with E-state index in [1.165, 1.54) is 18.0 Å². The maximum atomic E-state index is 12.5. The lowest BCUT2D eigenvalue weighted by Gasteiger charge is -2.10. The highest BCUT2D eigenvalue weighted by molar-refractivity contribution is 7.99. The molecule has 1 aromatic heterocycles. The van der Waals surface area contributed by atoms with Crippen LogP contribution in [0.2, 0.25) is 10.0 Å². The molecular formula is C25H21Cl2N5O3S. The van der Waals surface area contributed by atoms with Crippen molar-refractivity contribution in [3.63, 3.8) is 0 Å². The molecule has 36 heavy (non-hydrogen) atoms. The van der Waals surface area contributed by atoms with Crippen LogP contribution in [0.25, 0.3) is 17.1 Å². The van der Waals surface area contributed by atoms with Gasteiger partial charge in [-0.15, -0.1) is 10.2 Å². The van der Waals surface area contributed by atoms with E-state index < -0.39 is 0 Å². The molecule has 0 atom stereocenters. The molecule has 0 saturated heterocycles. The van der Waals surface area contributed by atoms with Gasteiger partial charge in [-0.25, -0.2) is 5.43 Å². The smallest absolute Gasteiger partial charge is 0.250 e. The number of halogens is 2. The SMILES string of the molecule is COc1ccc(OC)c(/C=N\NC(=O)CSc2nnc(-c3ccc(Cl)cc3)n2-c2ccc(Cl)cc2)c1. The summed E-state index contributed by atoms with van der Waals surface area (Å²) < 4.78 is 12.4. The van der Waals surface area contributed by atoms with Gasteiger partial charge in [0.25, 0.3) is 5.91 Å². The first-order valence-corrected chi connectivity index (χ1v) is 12.4. The van der Waals surface area contributed by atoms with Gasteiger partial charge in [0.15, 0.2) is 11.0 Å². The molecule has 0 aliphatic carbocycles. The molecule has 0 unspecified atom stereocenters. The van der Waals surface area contributed by atoms with Gasteiger partial charge in [-0.2, -0.15) is 5.10 Å². The number of carbonyl (C=O) groups excluding carboxylic acids is 1. The van der Waals surface area contributed by atoms with Crippen molar-refractivity contribution < 1.29 is 14.3 Å². The Balaban J connectivity index is 1.50. The number of methoxy groups -OCH3 is 2. The molecule has 0 spiro atoms. The van der Waals surface area contributed by atoms with E-state index in [2.05, 4.69) is 20.7 Å². The second-order valence-electron chi connectivity index (χ2n) is 7.31. The summed E-state index contributed by atoms with van der Waals surface area (Å²) in [5, 5.41) is 14.5. The van der Waals surface area contributed by atoms with Crippen molar-refractivity contribution in [3.8, 4) is 28.6 Å². The summed E-state index contributed by atoms with van der Waals surface area (Å²) in [6, 6.07) is 19.9. The van der Waals surface area contributed by atoms with Crippen LogP contribution in [0.5, 0.6) is 11.5 Å². The minimum Gasteiger partial charge on any atom is -0.497 e. The molecule has 0 radical (unpaired) electrons. The zero-order chi connectivity index (χ0) is 25.5. The van der Waals surface area contributed by atoms with Gasteiger partial charge in [0.05, 0.1) is 26.2 Å². The number of benzene rings is 3. The van der Waals surface area contributed by atoms with E-state index in [0.717, 1.165) is 11.3 Å². The van der Waals surface area contributed by atoms with Gasteiger partial charge >= 0.3 is 0 Å². The number of amides is 1. The summed E-state index contributed by atoms with van der Waals surface area (Å²) in [4.78, 5) is 12.5. The number of nitrogens with zero attached hydrogens (tertiary/aromatic N) is 4. The van der Waals surface area contributed by atoms with Crippen molar-refractivity contribution in [2.75, 3.05) is 20.0 Å². The standard InChI is InChI=1S/C25H21Cl2N5O3S/c1-34-21-11-12-22(35-2)17(13-21)14-28-29-23(33)15-36-25-31-30-24(16-3-5-18(26)6-4-16)32(25)20-9-7-19(27)8-10-20/h3-14H,15H2,1-2H3,(H,29,33)/b28-14-. The molecule has 0 aliphatic rings. The maximum absolute atomic E-state index is 12.5. The van der Waals surface area contributed by atoms with Gasteiger partial charge < -0.3 is 9.47 Å². The Hall–Kier alpha value is -3.53. The number of hydrogen-bond acceptors (Lipinski definition) is 7. The first-order valence-electron chi connectivity index (χ1n) is 10.6. The summed E-state index contributed by atoms with van der Waals surface area (Å²) in [6.07, 6.45) is 1.50. The Morgan fingerprint density at radius 3 is 2.36 bits per heavy atom. The fourth-order valence-electron chi connectivity index (χ4n) is 3.25. The van der Waals surface area contributed by atoms with Gasteiger partial charge in [0, 0.05) is 26.9 Å². The van der Waals surface area contributed by atoms with Crippen molar-refractivity contribution in [1.29, 1.82) is 0 Å². The molecule has 184 valence electrons. The summed E-state index contributed by atoms with van der Waals surface area (Å²) in [5.41, 5.74) is 4.83. The molecule has 0 saturated carbocycles. The molecule has 0 fully saturated rings. The topological polar surface area (TPSA) is 90.6 Å². The lowest BCUT2D eigenvalue weighted by molar-refractivity contribution is -0.118. The normalized spacial score (nSPS) is 11.0. The van der Waals surface area contributed by atoms with E-state index in [4.69, 9.17) is 32.7 Å². The van der Waals surface area contributed by atoms with E-state index in [-0.39, 0.29) is 11.7 Å². The molecule has 8 nitrogen and oxygen atoms in total. The second kappa shape index (κ2) is 11.9. The predicted octanol–water partition coefficient (Wildman–Crippen LogP) is 5.50. The molecule has 11 heteroatoms. The van der Waals surface area contributed by atoms with E-state index >= 15 is 0 Å². The molecule has 1 N–H and O–H groups in total. The molecule has 4 rings (SSSR count). The van der Waals surface area contributed by atoms with Crippen molar-refractivity contribution >= 4 is 47.1 Å². The van der Waals surface area contributed by atoms with Gasteiger partial charge in [0.2, 0.25) is 0 Å². The third-order valence-corrected chi connectivity index (χ3v) is 6.42. The summed E-state index contributed by atoms with van der Waals surface area (Å²) in [6.45, 7) is 0. The number of aromatic nitrogens is 3. The van der Waals surface area contributed by atoms with E-state index in [0.29, 0.717) is 38.1 Å². The van der Waals surface area contributed by atoms with Crippen LogP contribution in [0.3, 0.4) is 0 Å². The van der Waals surface area contributed by atoms with Crippen LogP contribution in [0.1, 0.15) is 5.56 Å². The minimum atomic E-state index is -0.309. The zero-order valence-corrected chi connectivity index (χ0v) is 21.6. The first kappa shape index (κ1) is 25.6. The maximum Gasteiger partial charge on any atom is 0.250 e. The van der Waals surface area contributed by atoms with Gasteiger partial charge in [0.1, 0.15) is 11.5 Å². The number of thioether (sulfide) groups is 1. The molecule has 1 amide bonds. The quantitative estimate of drug-likeness (QED) is 0.171. The predicted molar refractivity (Wildman–Crippen MR) is 143 cm³/mol. The lowest BCUT2D eigenvalue weighted by atomic mass is 10.2. The van der Waals surface area contributed by atoms with Gasteiger partial charge in [-0.05, 0) is 66.7 Å². The van der Waals surface area contributed by atoms with E-state index in [1.54, 1.807) is 56.7 Å². The van der Waals surface area contributed by atoms with Crippen LogP contribution in [-0.2, 0) is 4.79 Å². The molecule has 1 heterocycles. The van der Waals surface area contributed by atoms with Crippen molar-refractivity contribution in [2.45, 2.75) is 5.16 Å². The van der Waals surface area contributed by atoms with Gasteiger partial charge in [-0.3, -0.25) is 9.36 Å². The Morgan fingerprint density at radius 1 is 1.00 bits per heavy atom.